The summed E-state index contributed by atoms with van der Waals surface area (Å²) in [5, 5.41) is 14.2. The number of para-hydroxylation sites is 1. The third-order valence-corrected chi connectivity index (χ3v) is 6.20. The average Bonchev–Trinajstić information content (AvgIpc) is 3.33. The molecular formula is C28H25N5O. The molecule has 0 bridgehead atoms. The molecule has 6 heteroatoms. The number of carbonyl (C=O) groups excluding carboxylic acids is 1. The zero-order valence-corrected chi connectivity index (χ0v) is 18.8. The minimum Gasteiger partial charge on any atom is -0.367 e. The zero-order chi connectivity index (χ0) is 23.3. The van der Waals surface area contributed by atoms with E-state index in [-0.39, 0.29) is 12.5 Å². The number of aromatic nitrogens is 2. The number of anilines is 1. The molecule has 1 aromatic heterocycles. The first-order chi connectivity index (χ1) is 16.7. The molecule has 0 spiro atoms. The van der Waals surface area contributed by atoms with Crippen molar-refractivity contribution in [2.24, 2.45) is 0 Å². The quantitative estimate of drug-likeness (QED) is 0.454. The van der Waals surface area contributed by atoms with E-state index in [0.29, 0.717) is 31.7 Å². The third-order valence-electron chi connectivity index (χ3n) is 6.20. The highest BCUT2D eigenvalue weighted by Crippen LogP contribution is 2.27. The van der Waals surface area contributed by atoms with Crippen molar-refractivity contribution in [1.29, 1.82) is 5.26 Å². The molecule has 168 valence electrons. The van der Waals surface area contributed by atoms with E-state index in [1.807, 2.05) is 94.5 Å². The maximum atomic E-state index is 13.3. The van der Waals surface area contributed by atoms with E-state index in [9.17, 15) is 10.1 Å². The van der Waals surface area contributed by atoms with Crippen LogP contribution in [0.15, 0.2) is 91.0 Å². The molecule has 6 nitrogen and oxygen atoms in total. The number of nitriles is 1. The van der Waals surface area contributed by atoms with E-state index in [1.54, 1.807) is 0 Å². The Morgan fingerprint density at radius 3 is 2.12 bits per heavy atom. The van der Waals surface area contributed by atoms with E-state index >= 15 is 0 Å². The van der Waals surface area contributed by atoms with Crippen molar-refractivity contribution in [3.63, 3.8) is 0 Å². The van der Waals surface area contributed by atoms with Gasteiger partial charge < -0.3 is 9.80 Å². The molecular weight excluding hydrogens is 422 g/mol. The standard InChI is InChI=1S/C28H25N5O/c29-20-24-13-7-8-14-26(24)31-15-17-32(18-16-31)28(34)21-33-27(23-11-5-2-6-12-23)19-25(30-33)22-9-3-1-4-10-22/h1-14,19H,15-18,21H2. The molecule has 0 radical (unpaired) electrons. The van der Waals surface area contributed by atoms with Gasteiger partial charge >= 0.3 is 0 Å². The maximum Gasteiger partial charge on any atom is 0.244 e. The molecule has 1 aliphatic rings. The smallest absolute Gasteiger partial charge is 0.244 e. The summed E-state index contributed by atoms with van der Waals surface area (Å²) in [4.78, 5) is 17.3. The summed E-state index contributed by atoms with van der Waals surface area (Å²) in [5.41, 5.74) is 5.43. The second-order valence-corrected chi connectivity index (χ2v) is 8.30. The Kier molecular flexibility index (Phi) is 6.09. The topological polar surface area (TPSA) is 65.2 Å². The van der Waals surface area contributed by atoms with Gasteiger partial charge in [0.15, 0.2) is 0 Å². The molecule has 0 saturated carbocycles. The van der Waals surface area contributed by atoms with Gasteiger partial charge in [0.25, 0.3) is 0 Å². The van der Waals surface area contributed by atoms with Crippen LogP contribution in [0.1, 0.15) is 5.56 Å². The van der Waals surface area contributed by atoms with Gasteiger partial charge in [-0.15, -0.1) is 0 Å². The third kappa shape index (κ3) is 4.41. The molecule has 2 heterocycles. The molecule has 0 aliphatic carbocycles. The molecule has 0 atom stereocenters. The van der Waals surface area contributed by atoms with E-state index in [4.69, 9.17) is 5.10 Å². The first-order valence-electron chi connectivity index (χ1n) is 11.4. The molecule has 4 aromatic rings. The van der Waals surface area contributed by atoms with Crippen molar-refractivity contribution in [3.8, 4) is 28.6 Å². The highest BCUT2D eigenvalue weighted by atomic mass is 16.2. The second-order valence-electron chi connectivity index (χ2n) is 8.30. The Bertz CT molecular complexity index is 1320. The number of hydrogen-bond donors (Lipinski definition) is 0. The van der Waals surface area contributed by atoms with Crippen LogP contribution in [0, 0.1) is 11.3 Å². The van der Waals surface area contributed by atoms with Crippen molar-refractivity contribution in [1.82, 2.24) is 14.7 Å². The van der Waals surface area contributed by atoms with Gasteiger partial charge in [0.1, 0.15) is 12.6 Å². The summed E-state index contributed by atoms with van der Waals surface area (Å²) in [6.07, 6.45) is 0. The van der Waals surface area contributed by atoms with Crippen LogP contribution in [0.3, 0.4) is 0 Å². The summed E-state index contributed by atoms with van der Waals surface area (Å²) >= 11 is 0. The van der Waals surface area contributed by atoms with Gasteiger partial charge in [-0.3, -0.25) is 9.48 Å². The Labute approximate surface area is 199 Å². The lowest BCUT2D eigenvalue weighted by molar-refractivity contribution is -0.132. The zero-order valence-electron chi connectivity index (χ0n) is 18.8. The van der Waals surface area contributed by atoms with Crippen LogP contribution in [0.4, 0.5) is 5.69 Å². The Morgan fingerprint density at radius 1 is 0.824 bits per heavy atom. The molecule has 1 aliphatic heterocycles. The van der Waals surface area contributed by atoms with Crippen molar-refractivity contribution in [3.05, 3.63) is 96.6 Å². The van der Waals surface area contributed by atoms with Gasteiger partial charge in [-0.25, -0.2) is 0 Å². The highest BCUT2D eigenvalue weighted by molar-refractivity contribution is 5.78. The van der Waals surface area contributed by atoms with Crippen LogP contribution in [-0.4, -0.2) is 46.8 Å². The SMILES string of the molecule is N#Cc1ccccc1N1CCN(C(=O)Cn2nc(-c3ccccc3)cc2-c2ccccc2)CC1. The van der Waals surface area contributed by atoms with Crippen LogP contribution in [0.2, 0.25) is 0 Å². The highest BCUT2D eigenvalue weighted by Gasteiger charge is 2.24. The number of hydrogen-bond acceptors (Lipinski definition) is 4. The molecule has 0 unspecified atom stereocenters. The number of amides is 1. The van der Waals surface area contributed by atoms with Crippen molar-refractivity contribution in [2.75, 3.05) is 31.1 Å². The van der Waals surface area contributed by atoms with Gasteiger partial charge in [0.2, 0.25) is 5.91 Å². The Balaban J connectivity index is 1.34. The fourth-order valence-electron chi connectivity index (χ4n) is 4.40. The second kappa shape index (κ2) is 9.63. The molecule has 3 aromatic carbocycles. The van der Waals surface area contributed by atoms with Gasteiger partial charge in [-0.1, -0.05) is 72.8 Å². The van der Waals surface area contributed by atoms with E-state index in [0.717, 1.165) is 28.2 Å². The minimum absolute atomic E-state index is 0.0492. The van der Waals surface area contributed by atoms with Crippen molar-refractivity contribution >= 4 is 11.6 Å². The van der Waals surface area contributed by atoms with Crippen LogP contribution in [-0.2, 0) is 11.3 Å². The molecule has 1 amide bonds. The number of carbonyl (C=O) groups is 1. The lowest BCUT2D eigenvalue weighted by Gasteiger charge is -2.36. The molecule has 34 heavy (non-hydrogen) atoms. The average molecular weight is 448 g/mol. The largest absolute Gasteiger partial charge is 0.367 e. The van der Waals surface area contributed by atoms with Crippen LogP contribution >= 0.6 is 0 Å². The predicted molar refractivity (Wildman–Crippen MR) is 133 cm³/mol. The number of rotatable bonds is 5. The Morgan fingerprint density at radius 2 is 1.44 bits per heavy atom. The summed E-state index contributed by atoms with van der Waals surface area (Å²) in [6, 6.07) is 32.0. The summed E-state index contributed by atoms with van der Waals surface area (Å²) in [6.45, 7) is 2.82. The maximum absolute atomic E-state index is 13.3. The summed E-state index contributed by atoms with van der Waals surface area (Å²) in [5.74, 6) is 0.0492. The number of piperazine rings is 1. The monoisotopic (exact) mass is 447 g/mol. The van der Waals surface area contributed by atoms with Gasteiger partial charge in [0.05, 0.1) is 22.6 Å². The molecule has 1 fully saturated rings. The Hall–Kier alpha value is -4.37. The molecule has 5 rings (SSSR count). The van der Waals surface area contributed by atoms with Gasteiger partial charge in [-0.2, -0.15) is 10.4 Å². The van der Waals surface area contributed by atoms with Crippen LogP contribution in [0.5, 0.6) is 0 Å². The molecule has 1 saturated heterocycles. The minimum atomic E-state index is 0.0492. The first-order valence-corrected chi connectivity index (χ1v) is 11.4. The van der Waals surface area contributed by atoms with E-state index in [1.165, 1.54) is 0 Å². The van der Waals surface area contributed by atoms with Crippen molar-refractivity contribution in [2.45, 2.75) is 6.54 Å². The lowest BCUT2D eigenvalue weighted by Crippen LogP contribution is -2.49. The number of nitrogens with zero attached hydrogens (tertiary/aromatic N) is 5. The van der Waals surface area contributed by atoms with E-state index < -0.39 is 0 Å². The predicted octanol–water partition coefficient (Wildman–Crippen LogP) is 4.44. The van der Waals surface area contributed by atoms with Crippen molar-refractivity contribution < 1.29 is 4.79 Å². The van der Waals surface area contributed by atoms with Crippen LogP contribution in [0.25, 0.3) is 22.5 Å². The fraction of sp³-hybridized carbons (Fsp3) is 0.179. The van der Waals surface area contributed by atoms with Gasteiger partial charge in [-0.05, 0) is 23.8 Å². The fourth-order valence-corrected chi connectivity index (χ4v) is 4.40. The molecule has 0 N–H and O–H groups in total. The number of benzene rings is 3. The van der Waals surface area contributed by atoms with Crippen LogP contribution < -0.4 is 4.90 Å². The first kappa shape index (κ1) is 21.5. The van der Waals surface area contributed by atoms with E-state index in [2.05, 4.69) is 17.0 Å². The lowest BCUT2D eigenvalue weighted by atomic mass is 10.1. The van der Waals surface area contributed by atoms with Gasteiger partial charge in [0, 0.05) is 31.7 Å². The summed E-state index contributed by atoms with van der Waals surface area (Å²) < 4.78 is 1.82. The normalized spacial score (nSPS) is 13.5. The summed E-state index contributed by atoms with van der Waals surface area (Å²) in [7, 11) is 0.